The highest BCUT2D eigenvalue weighted by Gasteiger charge is 2.34. The predicted molar refractivity (Wildman–Crippen MR) is 95.1 cm³/mol. The van der Waals surface area contributed by atoms with Gasteiger partial charge in [-0.3, -0.25) is 4.79 Å². The summed E-state index contributed by atoms with van der Waals surface area (Å²) in [7, 11) is 0. The largest absolute Gasteiger partial charge is 0.454 e. The quantitative estimate of drug-likeness (QED) is 0.578. The van der Waals surface area contributed by atoms with Crippen molar-refractivity contribution in [1.29, 1.82) is 0 Å². The van der Waals surface area contributed by atoms with Crippen molar-refractivity contribution in [2.75, 3.05) is 12.5 Å². The van der Waals surface area contributed by atoms with Crippen LogP contribution in [0.2, 0.25) is 0 Å². The van der Waals surface area contributed by atoms with Crippen LogP contribution in [0.25, 0.3) is 11.3 Å². The van der Waals surface area contributed by atoms with Crippen LogP contribution in [0, 0.1) is 0 Å². The van der Waals surface area contributed by atoms with Gasteiger partial charge in [0, 0.05) is 23.8 Å². The molecule has 1 saturated carbocycles. The van der Waals surface area contributed by atoms with Crippen LogP contribution in [0.1, 0.15) is 25.0 Å². The molecular weight excluding hydrogens is 395 g/mol. The Kier molecular flexibility index (Phi) is 5.05. The Balaban J connectivity index is 1.54. The van der Waals surface area contributed by atoms with E-state index in [0.29, 0.717) is 22.8 Å². The molecule has 10 heteroatoms. The van der Waals surface area contributed by atoms with Crippen LogP contribution < -0.4 is 14.8 Å². The lowest BCUT2D eigenvalue weighted by molar-refractivity contribution is -0.141. The summed E-state index contributed by atoms with van der Waals surface area (Å²) in [5.41, 5.74) is -0.434. The number of halogens is 3. The fourth-order valence-electron chi connectivity index (χ4n) is 2.60. The van der Waals surface area contributed by atoms with Gasteiger partial charge in [-0.05, 0) is 37.1 Å². The molecule has 148 valence electrons. The molecule has 1 aromatic carbocycles. The third-order valence-electron chi connectivity index (χ3n) is 4.17. The van der Waals surface area contributed by atoms with Crippen molar-refractivity contribution in [2.45, 2.75) is 36.6 Å². The van der Waals surface area contributed by atoms with Gasteiger partial charge in [0.05, 0.1) is 5.69 Å². The zero-order chi connectivity index (χ0) is 19.7. The number of amides is 1. The molecule has 0 spiro atoms. The Hall–Kier alpha value is -2.49. The summed E-state index contributed by atoms with van der Waals surface area (Å²) in [6.45, 7) is 0.0698. The topological polar surface area (TPSA) is 73.3 Å². The molecule has 0 unspecified atom stereocenters. The van der Waals surface area contributed by atoms with Crippen molar-refractivity contribution in [3.63, 3.8) is 0 Å². The minimum absolute atomic E-state index is 0.0262. The molecule has 0 saturated heterocycles. The lowest BCUT2D eigenvalue weighted by Gasteiger charge is -2.11. The number of aromatic nitrogens is 2. The maximum Gasteiger partial charge on any atom is 0.433 e. The Bertz CT molecular complexity index is 903. The molecule has 0 radical (unpaired) electrons. The third-order valence-corrected chi connectivity index (χ3v) is 5.02. The van der Waals surface area contributed by atoms with Crippen LogP contribution in [0.15, 0.2) is 29.4 Å². The van der Waals surface area contributed by atoms with Gasteiger partial charge in [0.15, 0.2) is 16.7 Å². The second-order valence-corrected chi connectivity index (χ2v) is 7.49. The summed E-state index contributed by atoms with van der Waals surface area (Å²) in [6, 6.07) is 5.99. The number of carbonyl (C=O) groups excluding carboxylic acids is 1. The van der Waals surface area contributed by atoms with Gasteiger partial charge in [0.25, 0.3) is 0 Å². The van der Waals surface area contributed by atoms with Gasteiger partial charge in [-0.15, -0.1) is 0 Å². The molecule has 1 amide bonds. The summed E-state index contributed by atoms with van der Waals surface area (Å²) in [6.07, 6.45) is -2.45. The molecule has 2 heterocycles. The second kappa shape index (κ2) is 7.50. The zero-order valence-electron chi connectivity index (χ0n) is 14.6. The third kappa shape index (κ3) is 4.49. The summed E-state index contributed by atoms with van der Waals surface area (Å²) >= 11 is 1.02. The van der Waals surface area contributed by atoms with Crippen molar-refractivity contribution >= 4 is 17.7 Å². The van der Waals surface area contributed by atoms with Crippen LogP contribution in [0.4, 0.5) is 13.2 Å². The van der Waals surface area contributed by atoms with E-state index in [1.165, 1.54) is 0 Å². The number of nitrogens with one attached hydrogen (secondary N) is 1. The molecular formula is C18H16F3N3O3S. The van der Waals surface area contributed by atoms with Gasteiger partial charge < -0.3 is 14.8 Å². The average molecular weight is 411 g/mol. The number of benzene rings is 1. The van der Waals surface area contributed by atoms with Crippen LogP contribution >= 0.6 is 11.8 Å². The Labute approximate surface area is 162 Å². The number of nitrogens with zero attached hydrogens (tertiary/aromatic N) is 2. The van der Waals surface area contributed by atoms with Crippen molar-refractivity contribution in [2.24, 2.45) is 0 Å². The highest BCUT2D eigenvalue weighted by molar-refractivity contribution is 7.99. The first-order valence-corrected chi connectivity index (χ1v) is 9.65. The molecule has 6 nitrogen and oxygen atoms in total. The van der Waals surface area contributed by atoms with E-state index in [9.17, 15) is 18.0 Å². The number of hydrogen-bond donors (Lipinski definition) is 1. The van der Waals surface area contributed by atoms with E-state index in [1.54, 1.807) is 18.2 Å². The lowest BCUT2D eigenvalue weighted by atomic mass is 10.1. The van der Waals surface area contributed by atoms with Crippen LogP contribution in [-0.2, 0) is 11.0 Å². The molecule has 1 aromatic heterocycles. The number of carbonyl (C=O) groups is 1. The first-order valence-electron chi connectivity index (χ1n) is 8.67. The van der Waals surface area contributed by atoms with Gasteiger partial charge in [0.2, 0.25) is 12.7 Å². The minimum Gasteiger partial charge on any atom is -0.454 e. The summed E-state index contributed by atoms with van der Waals surface area (Å²) in [5, 5.41) is 2.81. The summed E-state index contributed by atoms with van der Waals surface area (Å²) < 4.78 is 50.3. The standard InChI is InChI=1S/C18H16F3N3O3S/c19-18(20,21)15-8-12(10-1-4-13-14(7-10)27-9-26-13)23-17(24-15)28-6-5-16(25)22-11-2-3-11/h1,4,7-8,11H,2-3,5-6,9H2,(H,22,25). The van der Waals surface area contributed by atoms with E-state index in [1.807, 2.05) is 0 Å². The number of fused-ring (bicyclic) bond motifs is 1. The Morgan fingerprint density at radius 3 is 2.71 bits per heavy atom. The molecule has 1 aliphatic heterocycles. The molecule has 1 N–H and O–H groups in total. The molecule has 0 bridgehead atoms. The van der Waals surface area contributed by atoms with Gasteiger partial charge >= 0.3 is 6.18 Å². The van der Waals surface area contributed by atoms with Crippen molar-refractivity contribution in [3.05, 3.63) is 30.0 Å². The molecule has 4 rings (SSSR count). The Morgan fingerprint density at radius 2 is 1.96 bits per heavy atom. The van der Waals surface area contributed by atoms with E-state index in [4.69, 9.17) is 9.47 Å². The highest BCUT2D eigenvalue weighted by atomic mass is 32.2. The van der Waals surface area contributed by atoms with E-state index >= 15 is 0 Å². The fraction of sp³-hybridized carbons (Fsp3) is 0.389. The number of alkyl halides is 3. The summed E-state index contributed by atoms with van der Waals surface area (Å²) in [4.78, 5) is 19.6. The normalized spacial score (nSPS) is 15.5. The summed E-state index contributed by atoms with van der Waals surface area (Å²) in [5.74, 6) is 1.17. The van der Waals surface area contributed by atoms with Gasteiger partial charge in [-0.25, -0.2) is 9.97 Å². The zero-order valence-corrected chi connectivity index (χ0v) is 15.4. The van der Waals surface area contributed by atoms with Crippen molar-refractivity contribution < 1.29 is 27.4 Å². The smallest absolute Gasteiger partial charge is 0.433 e. The van der Waals surface area contributed by atoms with Gasteiger partial charge in [-0.2, -0.15) is 13.2 Å². The first-order chi connectivity index (χ1) is 13.4. The number of ether oxygens (including phenoxy) is 2. The molecule has 1 aliphatic carbocycles. The average Bonchev–Trinajstić information content (AvgIpc) is 3.33. The predicted octanol–water partition coefficient (Wildman–Crippen LogP) is 3.65. The van der Waals surface area contributed by atoms with Gasteiger partial charge in [0.1, 0.15) is 5.69 Å². The lowest BCUT2D eigenvalue weighted by Crippen LogP contribution is -2.25. The van der Waals surface area contributed by atoms with Crippen molar-refractivity contribution in [3.8, 4) is 22.8 Å². The molecule has 0 atom stereocenters. The molecule has 2 aliphatic rings. The maximum atomic E-state index is 13.3. The molecule has 1 fully saturated rings. The van der Waals surface area contributed by atoms with Gasteiger partial charge in [-0.1, -0.05) is 11.8 Å². The fourth-order valence-corrected chi connectivity index (χ4v) is 3.40. The maximum absolute atomic E-state index is 13.3. The molecule has 2 aromatic rings. The monoisotopic (exact) mass is 411 g/mol. The van der Waals surface area contributed by atoms with E-state index in [2.05, 4.69) is 15.3 Å². The van der Waals surface area contributed by atoms with E-state index in [0.717, 1.165) is 30.7 Å². The van der Waals surface area contributed by atoms with E-state index in [-0.39, 0.29) is 36.0 Å². The minimum atomic E-state index is -4.60. The Morgan fingerprint density at radius 1 is 1.18 bits per heavy atom. The number of hydrogen-bond acceptors (Lipinski definition) is 6. The van der Waals surface area contributed by atoms with Crippen molar-refractivity contribution in [1.82, 2.24) is 15.3 Å². The first kappa shape index (κ1) is 18.9. The molecule has 28 heavy (non-hydrogen) atoms. The SMILES string of the molecule is O=C(CCSc1nc(-c2ccc3c(c2)OCO3)cc(C(F)(F)F)n1)NC1CC1. The number of rotatable bonds is 6. The number of thioether (sulfide) groups is 1. The highest BCUT2D eigenvalue weighted by Crippen LogP contribution is 2.37. The van der Waals surface area contributed by atoms with Crippen LogP contribution in [0.5, 0.6) is 11.5 Å². The van der Waals surface area contributed by atoms with Crippen LogP contribution in [0.3, 0.4) is 0 Å². The second-order valence-electron chi connectivity index (χ2n) is 6.43. The van der Waals surface area contributed by atoms with Crippen LogP contribution in [-0.4, -0.2) is 34.5 Å². The van der Waals surface area contributed by atoms with E-state index < -0.39 is 11.9 Å².